The minimum Gasteiger partial charge on any atom is -0.484 e. The second kappa shape index (κ2) is 5.59. The Labute approximate surface area is 129 Å². The molecule has 0 saturated carbocycles. The second-order valence-electron chi connectivity index (χ2n) is 5.87. The van der Waals surface area contributed by atoms with Crippen molar-refractivity contribution in [3.63, 3.8) is 0 Å². The molecule has 22 heavy (non-hydrogen) atoms. The normalized spacial score (nSPS) is 19.5. The van der Waals surface area contributed by atoms with Crippen molar-refractivity contribution in [3.8, 4) is 5.75 Å². The minimum atomic E-state index is -0.510. The summed E-state index contributed by atoms with van der Waals surface area (Å²) in [5.74, 6) is 0.584. The number of ether oxygens (including phenoxy) is 2. The number of piperidine rings is 1. The summed E-state index contributed by atoms with van der Waals surface area (Å²) < 4.78 is 11.1. The van der Waals surface area contributed by atoms with Crippen LogP contribution in [-0.4, -0.2) is 47.1 Å². The quantitative estimate of drug-likeness (QED) is 0.796. The van der Waals surface area contributed by atoms with E-state index in [4.69, 9.17) is 9.47 Å². The van der Waals surface area contributed by atoms with E-state index in [-0.39, 0.29) is 11.9 Å². The van der Waals surface area contributed by atoms with E-state index in [2.05, 4.69) is 4.98 Å². The van der Waals surface area contributed by atoms with Crippen LogP contribution in [0.25, 0.3) is 0 Å². The van der Waals surface area contributed by atoms with Gasteiger partial charge < -0.3 is 14.4 Å². The average molecular weight is 304 g/mol. The van der Waals surface area contributed by atoms with Gasteiger partial charge in [0.2, 0.25) is 0 Å². The molecule has 1 aromatic rings. The maximum Gasteiger partial charge on any atom is 0.409 e. The number of hydrogen-bond donors (Lipinski definition) is 0. The van der Waals surface area contributed by atoms with Gasteiger partial charge in [-0.15, -0.1) is 0 Å². The van der Waals surface area contributed by atoms with Crippen molar-refractivity contribution < 1.29 is 19.1 Å². The third kappa shape index (κ3) is 2.65. The van der Waals surface area contributed by atoms with Gasteiger partial charge in [0.05, 0.1) is 13.0 Å². The Bertz CT molecular complexity index is 606. The highest BCUT2D eigenvalue weighted by molar-refractivity contribution is 5.98. The Morgan fingerprint density at radius 2 is 2.14 bits per heavy atom. The Morgan fingerprint density at radius 1 is 1.41 bits per heavy atom. The van der Waals surface area contributed by atoms with Crippen molar-refractivity contribution in [2.75, 3.05) is 19.7 Å². The number of rotatable bonds is 1. The predicted molar refractivity (Wildman–Crippen MR) is 79.1 cm³/mol. The zero-order valence-corrected chi connectivity index (χ0v) is 12.9. The molecular weight excluding hydrogens is 284 g/mol. The van der Waals surface area contributed by atoms with Crippen LogP contribution < -0.4 is 4.74 Å². The number of ketones is 1. The lowest BCUT2D eigenvalue weighted by Gasteiger charge is -2.43. The molecule has 0 bridgehead atoms. The molecule has 2 aliphatic rings. The highest BCUT2D eigenvalue weighted by Crippen LogP contribution is 2.38. The van der Waals surface area contributed by atoms with E-state index < -0.39 is 5.60 Å². The largest absolute Gasteiger partial charge is 0.484 e. The van der Waals surface area contributed by atoms with Gasteiger partial charge in [-0.25, -0.2) is 9.78 Å². The van der Waals surface area contributed by atoms with E-state index >= 15 is 0 Å². The highest BCUT2D eigenvalue weighted by Gasteiger charge is 2.44. The average Bonchev–Trinajstić information content (AvgIpc) is 2.49. The number of amides is 1. The van der Waals surface area contributed by atoms with E-state index in [1.807, 2.05) is 19.1 Å². The summed E-state index contributed by atoms with van der Waals surface area (Å²) in [5.41, 5.74) is 0.728. The van der Waals surface area contributed by atoms with Crippen LogP contribution in [0.5, 0.6) is 5.75 Å². The fourth-order valence-corrected chi connectivity index (χ4v) is 3.06. The summed E-state index contributed by atoms with van der Waals surface area (Å²) in [6.45, 7) is 5.10. The standard InChI is InChI=1S/C16H20N2O4/c1-3-21-15(20)18-8-6-16(7-9-18)10-12(19)14-13(22-16)5-4-11(2)17-14/h4-5H,3,6-10H2,1-2H3. The van der Waals surface area contributed by atoms with Crippen LogP contribution in [0.4, 0.5) is 4.79 Å². The predicted octanol–water partition coefficient (Wildman–Crippen LogP) is 2.35. The number of Topliss-reactive ketones (excluding diaryl/α,β-unsaturated/α-hetero) is 1. The molecule has 2 aliphatic heterocycles. The smallest absolute Gasteiger partial charge is 0.409 e. The minimum absolute atomic E-state index is 0.0227. The number of pyridine rings is 1. The molecular formula is C16H20N2O4. The summed E-state index contributed by atoms with van der Waals surface area (Å²) in [6.07, 6.45) is 1.29. The maximum absolute atomic E-state index is 12.4. The van der Waals surface area contributed by atoms with E-state index in [0.29, 0.717) is 50.4 Å². The fraction of sp³-hybridized carbons (Fsp3) is 0.562. The van der Waals surface area contributed by atoms with Gasteiger partial charge in [0, 0.05) is 31.6 Å². The van der Waals surface area contributed by atoms with Gasteiger partial charge in [-0.2, -0.15) is 0 Å². The van der Waals surface area contributed by atoms with Gasteiger partial charge in [-0.05, 0) is 26.0 Å². The fourth-order valence-electron chi connectivity index (χ4n) is 3.06. The second-order valence-corrected chi connectivity index (χ2v) is 5.87. The molecule has 0 atom stereocenters. The summed E-state index contributed by atoms with van der Waals surface area (Å²) >= 11 is 0. The van der Waals surface area contributed by atoms with Gasteiger partial charge in [0.25, 0.3) is 0 Å². The number of carbonyl (C=O) groups excluding carboxylic acids is 2. The molecule has 0 unspecified atom stereocenters. The molecule has 1 saturated heterocycles. The first-order valence-electron chi connectivity index (χ1n) is 7.64. The number of fused-ring (bicyclic) bond motifs is 1. The first kappa shape index (κ1) is 14.8. The van der Waals surface area contributed by atoms with Crippen LogP contribution in [0, 0.1) is 6.92 Å². The van der Waals surface area contributed by atoms with E-state index in [1.54, 1.807) is 11.8 Å². The number of aromatic nitrogens is 1. The zero-order chi connectivity index (χ0) is 15.7. The highest BCUT2D eigenvalue weighted by atomic mass is 16.6. The summed E-state index contributed by atoms with van der Waals surface area (Å²) in [6, 6.07) is 3.66. The van der Waals surface area contributed by atoms with Crippen molar-refractivity contribution in [1.29, 1.82) is 0 Å². The molecule has 1 fully saturated rings. The van der Waals surface area contributed by atoms with Crippen LogP contribution in [0.3, 0.4) is 0 Å². The number of hydrogen-bond acceptors (Lipinski definition) is 5. The van der Waals surface area contributed by atoms with Crippen LogP contribution in [0.15, 0.2) is 12.1 Å². The van der Waals surface area contributed by atoms with Gasteiger partial charge in [0.1, 0.15) is 17.0 Å². The molecule has 3 heterocycles. The Kier molecular flexibility index (Phi) is 3.76. The van der Waals surface area contributed by atoms with Crippen molar-refractivity contribution in [3.05, 3.63) is 23.5 Å². The molecule has 1 amide bonds. The van der Waals surface area contributed by atoms with Crippen molar-refractivity contribution in [2.24, 2.45) is 0 Å². The van der Waals surface area contributed by atoms with E-state index in [1.165, 1.54) is 0 Å². The lowest BCUT2D eigenvalue weighted by atomic mass is 9.83. The lowest BCUT2D eigenvalue weighted by Crippen LogP contribution is -2.52. The Hall–Kier alpha value is -2.11. The van der Waals surface area contributed by atoms with Crippen LogP contribution in [-0.2, 0) is 4.74 Å². The third-order valence-electron chi connectivity index (χ3n) is 4.27. The topological polar surface area (TPSA) is 68.7 Å². The van der Waals surface area contributed by atoms with Crippen LogP contribution in [0.1, 0.15) is 42.4 Å². The Balaban J connectivity index is 1.73. The van der Waals surface area contributed by atoms with Gasteiger partial charge in [-0.1, -0.05) is 0 Å². The number of likely N-dealkylation sites (tertiary alicyclic amines) is 1. The van der Waals surface area contributed by atoms with E-state index in [0.717, 1.165) is 5.69 Å². The molecule has 6 nitrogen and oxygen atoms in total. The van der Waals surface area contributed by atoms with Crippen LogP contribution in [0.2, 0.25) is 0 Å². The first-order valence-corrected chi connectivity index (χ1v) is 7.64. The Morgan fingerprint density at radius 3 is 2.82 bits per heavy atom. The van der Waals surface area contributed by atoms with Gasteiger partial charge in [-0.3, -0.25) is 4.79 Å². The molecule has 6 heteroatoms. The molecule has 3 rings (SSSR count). The maximum atomic E-state index is 12.4. The molecule has 0 aliphatic carbocycles. The third-order valence-corrected chi connectivity index (χ3v) is 4.27. The van der Waals surface area contributed by atoms with Crippen molar-refractivity contribution in [2.45, 2.75) is 38.7 Å². The van der Waals surface area contributed by atoms with Crippen molar-refractivity contribution >= 4 is 11.9 Å². The number of aryl methyl sites for hydroxylation is 1. The first-order chi connectivity index (χ1) is 10.5. The lowest BCUT2D eigenvalue weighted by molar-refractivity contribution is -0.00927. The molecule has 0 N–H and O–H groups in total. The van der Waals surface area contributed by atoms with Crippen LogP contribution >= 0.6 is 0 Å². The molecule has 118 valence electrons. The van der Waals surface area contributed by atoms with Crippen molar-refractivity contribution in [1.82, 2.24) is 9.88 Å². The molecule has 1 spiro atoms. The summed E-state index contributed by atoms with van der Waals surface area (Å²) in [5, 5.41) is 0. The van der Waals surface area contributed by atoms with Gasteiger partial charge >= 0.3 is 6.09 Å². The SMILES string of the molecule is CCOC(=O)N1CCC2(CC1)CC(=O)c1nc(C)ccc1O2. The number of carbonyl (C=O) groups is 2. The monoisotopic (exact) mass is 304 g/mol. The summed E-state index contributed by atoms with van der Waals surface area (Å²) in [4.78, 5) is 30.1. The summed E-state index contributed by atoms with van der Waals surface area (Å²) in [7, 11) is 0. The zero-order valence-electron chi connectivity index (χ0n) is 12.9. The number of nitrogens with zero attached hydrogens (tertiary/aromatic N) is 2. The molecule has 0 aromatic carbocycles. The van der Waals surface area contributed by atoms with E-state index in [9.17, 15) is 9.59 Å². The van der Waals surface area contributed by atoms with Gasteiger partial charge in [0.15, 0.2) is 5.78 Å². The molecule has 0 radical (unpaired) electrons. The molecule has 1 aromatic heterocycles.